The maximum atomic E-state index is 13.6. The number of aromatic nitrogens is 3. The summed E-state index contributed by atoms with van der Waals surface area (Å²) < 4.78 is 1.85. The molecule has 6 nitrogen and oxygen atoms in total. The molecule has 1 saturated heterocycles. The lowest BCUT2D eigenvalue weighted by molar-refractivity contribution is -0.159. The Morgan fingerprint density at radius 3 is 2.33 bits per heavy atom. The topological polar surface area (TPSA) is 54.3 Å². The van der Waals surface area contributed by atoms with Crippen molar-refractivity contribution >= 4 is 16.9 Å². The summed E-state index contributed by atoms with van der Waals surface area (Å²) in [6.45, 7) is 6.62. The zero-order valence-electron chi connectivity index (χ0n) is 18.3. The average Bonchev–Trinajstić information content (AvgIpc) is 3.00. The van der Waals surface area contributed by atoms with Crippen molar-refractivity contribution in [2.24, 2.45) is 30.2 Å². The van der Waals surface area contributed by atoms with Crippen LogP contribution in [-0.4, -0.2) is 56.7 Å². The van der Waals surface area contributed by atoms with Crippen LogP contribution in [0.5, 0.6) is 0 Å². The van der Waals surface area contributed by atoms with Crippen molar-refractivity contribution in [3.8, 4) is 0 Å². The van der Waals surface area contributed by atoms with Gasteiger partial charge in [0.1, 0.15) is 0 Å². The van der Waals surface area contributed by atoms with Gasteiger partial charge in [0.25, 0.3) is 0 Å². The van der Waals surface area contributed by atoms with Crippen LogP contribution in [0.2, 0.25) is 0 Å². The second-order valence-electron chi connectivity index (χ2n) is 10.7. The van der Waals surface area contributed by atoms with Gasteiger partial charge in [-0.25, -0.2) is 4.98 Å². The molecular weight excluding hydrogens is 374 g/mol. The standard InChI is InChI=1S/C24H33N5O/c1-16-21-10-20(14-25-22(21)27(2)26-16)15-28-3-5-29(6-4-28)23(30)24-11-17-7-18(12-24)9-19(8-17)13-24/h10,14,17-19H,3-9,11-13,15H2,1-2H3. The second kappa shape index (κ2) is 6.78. The maximum Gasteiger partial charge on any atom is 0.228 e. The molecule has 0 aromatic carbocycles. The van der Waals surface area contributed by atoms with Crippen LogP contribution in [-0.2, 0) is 18.4 Å². The number of fused-ring (bicyclic) bond motifs is 1. The number of aryl methyl sites for hydroxylation is 2. The third-order valence-electron chi connectivity index (χ3n) is 8.48. The molecule has 0 spiro atoms. The summed E-state index contributed by atoms with van der Waals surface area (Å²) in [5, 5.41) is 5.63. The maximum absolute atomic E-state index is 13.6. The third kappa shape index (κ3) is 2.98. The fourth-order valence-corrected chi connectivity index (χ4v) is 7.51. The van der Waals surface area contributed by atoms with E-state index in [0.717, 1.165) is 67.2 Å². The van der Waals surface area contributed by atoms with E-state index in [4.69, 9.17) is 0 Å². The molecule has 30 heavy (non-hydrogen) atoms. The number of amides is 1. The molecule has 5 aliphatic rings. The Kier molecular flexibility index (Phi) is 4.24. The number of carbonyl (C=O) groups excluding carboxylic acids is 1. The second-order valence-corrected chi connectivity index (χ2v) is 10.7. The zero-order chi connectivity index (χ0) is 20.5. The van der Waals surface area contributed by atoms with Crippen LogP contribution in [0.4, 0.5) is 0 Å². The van der Waals surface area contributed by atoms with Crippen molar-refractivity contribution in [1.82, 2.24) is 24.6 Å². The van der Waals surface area contributed by atoms with Crippen molar-refractivity contribution in [2.45, 2.75) is 52.0 Å². The molecule has 6 heteroatoms. The van der Waals surface area contributed by atoms with Gasteiger partial charge in [0.2, 0.25) is 5.91 Å². The first-order chi connectivity index (χ1) is 14.5. The first kappa shape index (κ1) is 18.8. The molecule has 0 atom stereocenters. The monoisotopic (exact) mass is 407 g/mol. The first-order valence-electron chi connectivity index (χ1n) is 11.8. The van der Waals surface area contributed by atoms with Crippen molar-refractivity contribution in [3.63, 3.8) is 0 Å². The largest absolute Gasteiger partial charge is 0.340 e. The summed E-state index contributed by atoms with van der Waals surface area (Å²) in [5.74, 6) is 3.00. The van der Waals surface area contributed by atoms with E-state index in [1.807, 2.05) is 24.9 Å². The minimum Gasteiger partial charge on any atom is -0.340 e. The van der Waals surface area contributed by atoms with Crippen LogP contribution in [0, 0.1) is 30.1 Å². The molecule has 160 valence electrons. The van der Waals surface area contributed by atoms with Gasteiger partial charge < -0.3 is 4.90 Å². The molecule has 0 N–H and O–H groups in total. The molecule has 3 heterocycles. The van der Waals surface area contributed by atoms with Crippen LogP contribution in [0.15, 0.2) is 12.3 Å². The van der Waals surface area contributed by atoms with Crippen molar-refractivity contribution < 1.29 is 4.79 Å². The molecule has 2 aromatic rings. The van der Waals surface area contributed by atoms with E-state index in [2.05, 4.69) is 25.9 Å². The molecule has 4 bridgehead atoms. The minimum atomic E-state index is 0.00368. The zero-order valence-corrected chi connectivity index (χ0v) is 18.3. The van der Waals surface area contributed by atoms with Crippen LogP contribution in [0.1, 0.15) is 49.8 Å². The van der Waals surface area contributed by atoms with Crippen LogP contribution >= 0.6 is 0 Å². The highest BCUT2D eigenvalue weighted by Gasteiger charge is 2.55. The normalized spacial score (nSPS) is 33.5. The Balaban J connectivity index is 1.11. The lowest BCUT2D eigenvalue weighted by atomic mass is 9.49. The van der Waals surface area contributed by atoms with Crippen molar-refractivity contribution in [1.29, 1.82) is 0 Å². The smallest absolute Gasteiger partial charge is 0.228 e. The molecule has 1 amide bonds. The fraction of sp³-hybridized carbons (Fsp3) is 0.708. The van der Waals surface area contributed by atoms with Gasteiger partial charge in [0, 0.05) is 51.4 Å². The summed E-state index contributed by atoms with van der Waals surface area (Å²) in [5.41, 5.74) is 3.22. The van der Waals surface area contributed by atoms with Gasteiger partial charge in [-0.2, -0.15) is 5.10 Å². The SMILES string of the molecule is Cc1nn(C)c2ncc(CN3CCN(C(=O)C45CC6CC(CC(C6)C4)C5)CC3)cc12. The highest BCUT2D eigenvalue weighted by atomic mass is 16.2. The molecule has 4 saturated carbocycles. The number of rotatable bonds is 3. The summed E-state index contributed by atoms with van der Waals surface area (Å²) in [4.78, 5) is 22.9. The predicted molar refractivity (Wildman–Crippen MR) is 116 cm³/mol. The highest BCUT2D eigenvalue weighted by molar-refractivity contribution is 5.83. The highest BCUT2D eigenvalue weighted by Crippen LogP contribution is 2.60. The summed E-state index contributed by atoms with van der Waals surface area (Å²) in [6.07, 6.45) is 9.70. The van der Waals surface area contributed by atoms with E-state index < -0.39 is 0 Å². The quantitative estimate of drug-likeness (QED) is 0.784. The van der Waals surface area contributed by atoms with E-state index in [1.54, 1.807) is 0 Å². The van der Waals surface area contributed by atoms with Gasteiger partial charge in [-0.15, -0.1) is 0 Å². The van der Waals surface area contributed by atoms with E-state index in [9.17, 15) is 4.79 Å². The summed E-state index contributed by atoms with van der Waals surface area (Å²) in [6, 6.07) is 2.23. The number of pyridine rings is 1. The van der Waals surface area contributed by atoms with Crippen LogP contribution < -0.4 is 0 Å². The molecule has 2 aromatic heterocycles. The lowest BCUT2D eigenvalue weighted by Gasteiger charge is -2.57. The molecule has 0 unspecified atom stereocenters. The predicted octanol–water partition coefficient (Wildman–Crippen LogP) is 3.14. The lowest BCUT2D eigenvalue weighted by Crippen LogP contribution is -2.58. The average molecular weight is 408 g/mol. The van der Waals surface area contributed by atoms with Gasteiger partial charge in [0.15, 0.2) is 5.65 Å². The Hall–Kier alpha value is -1.95. The Labute approximate surface area is 178 Å². The van der Waals surface area contributed by atoms with Crippen LogP contribution in [0.25, 0.3) is 11.0 Å². The number of hydrogen-bond donors (Lipinski definition) is 0. The van der Waals surface area contributed by atoms with Crippen molar-refractivity contribution in [2.75, 3.05) is 26.2 Å². The minimum absolute atomic E-state index is 0.00368. The Bertz CT molecular complexity index is 952. The van der Waals surface area contributed by atoms with Crippen LogP contribution in [0.3, 0.4) is 0 Å². The van der Waals surface area contributed by atoms with Gasteiger partial charge >= 0.3 is 0 Å². The number of carbonyl (C=O) groups is 1. The van der Waals surface area contributed by atoms with Gasteiger partial charge in [0.05, 0.1) is 11.1 Å². The summed E-state index contributed by atoms with van der Waals surface area (Å²) in [7, 11) is 1.95. The third-order valence-corrected chi connectivity index (χ3v) is 8.48. The van der Waals surface area contributed by atoms with Gasteiger partial charge in [-0.1, -0.05) is 0 Å². The number of nitrogens with zero attached hydrogens (tertiary/aromatic N) is 5. The Morgan fingerprint density at radius 1 is 1.07 bits per heavy atom. The Morgan fingerprint density at radius 2 is 1.70 bits per heavy atom. The molecule has 5 fully saturated rings. The molecular formula is C24H33N5O. The number of hydrogen-bond acceptors (Lipinski definition) is 4. The van der Waals surface area contributed by atoms with Gasteiger partial charge in [-0.3, -0.25) is 14.4 Å². The van der Waals surface area contributed by atoms with Crippen molar-refractivity contribution in [3.05, 3.63) is 23.5 Å². The molecule has 4 aliphatic carbocycles. The van der Waals surface area contributed by atoms with E-state index in [-0.39, 0.29) is 5.41 Å². The summed E-state index contributed by atoms with van der Waals surface area (Å²) >= 11 is 0. The fourth-order valence-electron chi connectivity index (χ4n) is 7.51. The molecule has 7 rings (SSSR count). The number of piperazine rings is 1. The van der Waals surface area contributed by atoms with E-state index >= 15 is 0 Å². The van der Waals surface area contributed by atoms with Gasteiger partial charge in [-0.05, 0) is 74.8 Å². The van der Waals surface area contributed by atoms with E-state index in [1.165, 1.54) is 44.1 Å². The van der Waals surface area contributed by atoms with E-state index in [0.29, 0.717) is 5.91 Å². The molecule has 1 aliphatic heterocycles. The first-order valence-corrected chi connectivity index (χ1v) is 11.8. The molecule has 0 radical (unpaired) electrons.